The SMILES string of the molecule is CCCCOCCn1cc(C)c(N)n1. The Morgan fingerprint density at radius 3 is 2.86 bits per heavy atom. The number of hydrogen-bond donors (Lipinski definition) is 1. The molecule has 0 saturated heterocycles. The molecule has 0 aliphatic rings. The lowest BCUT2D eigenvalue weighted by Crippen LogP contribution is -2.07. The molecule has 4 nitrogen and oxygen atoms in total. The summed E-state index contributed by atoms with van der Waals surface area (Å²) in [6.07, 6.45) is 4.24. The summed E-state index contributed by atoms with van der Waals surface area (Å²) >= 11 is 0. The number of aryl methyl sites for hydroxylation is 1. The first kappa shape index (κ1) is 11.0. The van der Waals surface area contributed by atoms with Gasteiger partial charge in [0.15, 0.2) is 0 Å². The van der Waals surface area contributed by atoms with Crippen molar-refractivity contribution in [2.75, 3.05) is 18.9 Å². The lowest BCUT2D eigenvalue weighted by Gasteiger charge is -2.02. The van der Waals surface area contributed by atoms with Crippen LogP contribution in [0.1, 0.15) is 25.3 Å². The minimum Gasteiger partial charge on any atom is -0.382 e. The summed E-state index contributed by atoms with van der Waals surface area (Å²) in [5.74, 6) is 0.610. The molecule has 0 unspecified atom stereocenters. The molecule has 1 heterocycles. The van der Waals surface area contributed by atoms with E-state index in [0.717, 1.165) is 25.1 Å². The van der Waals surface area contributed by atoms with Gasteiger partial charge in [0.1, 0.15) is 5.82 Å². The monoisotopic (exact) mass is 197 g/mol. The Morgan fingerprint density at radius 2 is 2.29 bits per heavy atom. The lowest BCUT2D eigenvalue weighted by molar-refractivity contribution is 0.121. The Hall–Kier alpha value is -1.03. The molecule has 1 rings (SSSR count). The largest absolute Gasteiger partial charge is 0.382 e. The van der Waals surface area contributed by atoms with Crippen molar-refractivity contribution in [2.45, 2.75) is 33.2 Å². The van der Waals surface area contributed by atoms with Crippen molar-refractivity contribution in [1.82, 2.24) is 9.78 Å². The van der Waals surface area contributed by atoms with Crippen LogP contribution in [0.5, 0.6) is 0 Å². The summed E-state index contributed by atoms with van der Waals surface area (Å²) < 4.78 is 7.26. The topological polar surface area (TPSA) is 53.1 Å². The van der Waals surface area contributed by atoms with Gasteiger partial charge in [0.25, 0.3) is 0 Å². The maximum absolute atomic E-state index is 5.62. The third-order valence-electron chi connectivity index (χ3n) is 2.09. The van der Waals surface area contributed by atoms with Gasteiger partial charge in [-0.2, -0.15) is 5.10 Å². The van der Waals surface area contributed by atoms with Gasteiger partial charge in [-0.05, 0) is 13.3 Å². The molecule has 0 fully saturated rings. The summed E-state index contributed by atoms with van der Waals surface area (Å²) in [6.45, 7) is 6.44. The molecule has 0 amide bonds. The van der Waals surface area contributed by atoms with Crippen LogP contribution in [0.4, 0.5) is 5.82 Å². The highest BCUT2D eigenvalue weighted by Gasteiger charge is 1.99. The number of hydrogen-bond acceptors (Lipinski definition) is 3. The average molecular weight is 197 g/mol. The van der Waals surface area contributed by atoms with Gasteiger partial charge in [-0.3, -0.25) is 4.68 Å². The number of nitrogens with zero attached hydrogens (tertiary/aromatic N) is 2. The Balaban J connectivity index is 2.18. The smallest absolute Gasteiger partial charge is 0.148 e. The molecule has 4 heteroatoms. The first-order chi connectivity index (χ1) is 6.74. The summed E-state index contributed by atoms with van der Waals surface area (Å²) in [6, 6.07) is 0. The van der Waals surface area contributed by atoms with Crippen molar-refractivity contribution >= 4 is 5.82 Å². The molecule has 1 aromatic heterocycles. The lowest BCUT2D eigenvalue weighted by atomic mass is 10.4. The minimum atomic E-state index is 0.610. The van der Waals surface area contributed by atoms with E-state index in [0.29, 0.717) is 12.4 Å². The summed E-state index contributed by atoms with van der Waals surface area (Å²) in [5, 5.41) is 4.14. The van der Waals surface area contributed by atoms with Crippen molar-refractivity contribution in [3.05, 3.63) is 11.8 Å². The Labute approximate surface area is 85.0 Å². The van der Waals surface area contributed by atoms with Gasteiger partial charge in [-0.25, -0.2) is 0 Å². The zero-order chi connectivity index (χ0) is 10.4. The van der Waals surface area contributed by atoms with Gasteiger partial charge in [0, 0.05) is 18.4 Å². The summed E-state index contributed by atoms with van der Waals surface area (Å²) in [7, 11) is 0. The number of ether oxygens (including phenoxy) is 1. The van der Waals surface area contributed by atoms with Crippen molar-refractivity contribution in [1.29, 1.82) is 0 Å². The van der Waals surface area contributed by atoms with Crippen LogP contribution in [0, 0.1) is 6.92 Å². The normalized spacial score (nSPS) is 10.7. The van der Waals surface area contributed by atoms with Crippen molar-refractivity contribution in [3.63, 3.8) is 0 Å². The highest BCUT2D eigenvalue weighted by atomic mass is 16.5. The fraction of sp³-hybridized carbons (Fsp3) is 0.700. The van der Waals surface area contributed by atoms with Crippen LogP contribution in [-0.2, 0) is 11.3 Å². The molecule has 0 bridgehead atoms. The highest BCUT2D eigenvalue weighted by Crippen LogP contribution is 2.05. The Morgan fingerprint density at radius 1 is 1.50 bits per heavy atom. The number of rotatable bonds is 6. The maximum atomic E-state index is 5.62. The standard InChI is InChI=1S/C10H19N3O/c1-3-4-6-14-7-5-13-8-9(2)10(11)12-13/h8H,3-7H2,1-2H3,(H2,11,12). The minimum absolute atomic E-state index is 0.610. The molecule has 0 radical (unpaired) electrons. The molecular formula is C10H19N3O. The molecule has 0 atom stereocenters. The van der Waals surface area contributed by atoms with Crippen LogP contribution in [0.25, 0.3) is 0 Å². The van der Waals surface area contributed by atoms with Crippen molar-refractivity contribution in [3.8, 4) is 0 Å². The van der Waals surface area contributed by atoms with Crippen LogP contribution in [0.15, 0.2) is 6.20 Å². The van der Waals surface area contributed by atoms with E-state index >= 15 is 0 Å². The molecule has 0 aliphatic heterocycles. The number of anilines is 1. The molecule has 1 aromatic rings. The molecule has 2 N–H and O–H groups in total. The third-order valence-corrected chi connectivity index (χ3v) is 2.09. The van der Waals surface area contributed by atoms with Crippen LogP contribution < -0.4 is 5.73 Å². The molecule has 0 aromatic carbocycles. The molecule has 0 spiro atoms. The van der Waals surface area contributed by atoms with E-state index in [4.69, 9.17) is 10.5 Å². The van der Waals surface area contributed by atoms with Gasteiger partial charge in [-0.1, -0.05) is 13.3 Å². The van der Waals surface area contributed by atoms with Crippen molar-refractivity contribution < 1.29 is 4.74 Å². The van der Waals surface area contributed by atoms with Crippen LogP contribution in [-0.4, -0.2) is 23.0 Å². The van der Waals surface area contributed by atoms with Crippen LogP contribution >= 0.6 is 0 Å². The summed E-state index contributed by atoms with van der Waals surface area (Å²) in [5.41, 5.74) is 6.65. The predicted molar refractivity (Wildman–Crippen MR) is 57.1 cm³/mol. The Kier molecular flexibility index (Phi) is 4.46. The second-order valence-corrected chi connectivity index (χ2v) is 3.43. The van der Waals surface area contributed by atoms with Crippen molar-refractivity contribution in [2.24, 2.45) is 0 Å². The summed E-state index contributed by atoms with van der Waals surface area (Å²) in [4.78, 5) is 0. The number of nitrogen functional groups attached to an aromatic ring is 1. The van der Waals surface area contributed by atoms with E-state index in [1.165, 1.54) is 6.42 Å². The van der Waals surface area contributed by atoms with E-state index in [1.54, 1.807) is 0 Å². The third kappa shape index (κ3) is 3.38. The second kappa shape index (κ2) is 5.65. The molecule has 14 heavy (non-hydrogen) atoms. The van der Waals surface area contributed by atoms with Crippen LogP contribution in [0.2, 0.25) is 0 Å². The van der Waals surface area contributed by atoms with Gasteiger partial charge >= 0.3 is 0 Å². The average Bonchev–Trinajstić information content (AvgIpc) is 2.46. The highest BCUT2D eigenvalue weighted by molar-refractivity contribution is 5.35. The van der Waals surface area contributed by atoms with E-state index in [2.05, 4.69) is 12.0 Å². The van der Waals surface area contributed by atoms with Crippen LogP contribution in [0.3, 0.4) is 0 Å². The molecular weight excluding hydrogens is 178 g/mol. The van der Waals surface area contributed by atoms with E-state index in [9.17, 15) is 0 Å². The fourth-order valence-electron chi connectivity index (χ4n) is 1.16. The first-order valence-electron chi connectivity index (χ1n) is 5.11. The van der Waals surface area contributed by atoms with E-state index in [1.807, 2.05) is 17.8 Å². The zero-order valence-corrected chi connectivity index (χ0v) is 8.99. The molecule has 0 aliphatic carbocycles. The zero-order valence-electron chi connectivity index (χ0n) is 8.99. The van der Waals surface area contributed by atoms with E-state index in [-0.39, 0.29) is 0 Å². The number of aromatic nitrogens is 2. The van der Waals surface area contributed by atoms with Gasteiger partial charge in [0.05, 0.1) is 13.2 Å². The van der Waals surface area contributed by atoms with Gasteiger partial charge in [-0.15, -0.1) is 0 Å². The Bertz CT molecular complexity index is 251. The predicted octanol–water partition coefficient (Wildman–Crippen LogP) is 1.59. The first-order valence-corrected chi connectivity index (χ1v) is 5.11. The van der Waals surface area contributed by atoms with Gasteiger partial charge in [0.2, 0.25) is 0 Å². The van der Waals surface area contributed by atoms with Gasteiger partial charge < -0.3 is 10.5 Å². The number of unbranched alkanes of at least 4 members (excludes halogenated alkanes) is 1. The second-order valence-electron chi connectivity index (χ2n) is 3.43. The number of nitrogens with two attached hydrogens (primary N) is 1. The maximum Gasteiger partial charge on any atom is 0.148 e. The fourth-order valence-corrected chi connectivity index (χ4v) is 1.16. The van der Waals surface area contributed by atoms with E-state index < -0.39 is 0 Å². The molecule has 80 valence electrons. The quantitative estimate of drug-likeness (QED) is 0.705. The molecule has 0 saturated carbocycles.